The van der Waals surface area contributed by atoms with Crippen molar-refractivity contribution in [1.82, 2.24) is 19.8 Å². The van der Waals surface area contributed by atoms with Crippen LogP contribution in [0.3, 0.4) is 0 Å². The lowest BCUT2D eigenvalue weighted by Crippen LogP contribution is -2.44. The molecular weight excluding hydrogens is 266 g/mol. The van der Waals surface area contributed by atoms with Gasteiger partial charge in [-0.3, -0.25) is 4.79 Å². The lowest BCUT2D eigenvalue weighted by molar-refractivity contribution is -0.131. The Bertz CT molecular complexity index is 465. The van der Waals surface area contributed by atoms with Gasteiger partial charge in [-0.25, -0.2) is 4.98 Å². The molecule has 1 amide bonds. The molecule has 1 N–H and O–H groups in total. The van der Waals surface area contributed by atoms with Crippen LogP contribution in [0.2, 0.25) is 0 Å². The number of hydrogen-bond donors (Lipinski definition) is 1. The third-order valence-corrected chi connectivity index (χ3v) is 3.44. The fraction of sp³-hybridized carbons (Fsp3) is 0.733. The van der Waals surface area contributed by atoms with Gasteiger partial charge in [0.2, 0.25) is 11.9 Å². The van der Waals surface area contributed by atoms with Crippen molar-refractivity contribution >= 4 is 11.9 Å². The zero-order valence-electron chi connectivity index (χ0n) is 14.3. The lowest BCUT2D eigenvalue weighted by atomic mass is 10.0. The van der Waals surface area contributed by atoms with Crippen LogP contribution >= 0.6 is 0 Å². The van der Waals surface area contributed by atoms with Gasteiger partial charge in [0.05, 0.1) is 17.9 Å². The number of likely N-dealkylation sites (N-methyl/N-ethyl adjacent to an activating group) is 1. The first kappa shape index (κ1) is 17.5. The minimum Gasteiger partial charge on any atom is -0.348 e. The van der Waals surface area contributed by atoms with Crippen molar-refractivity contribution in [3.8, 4) is 0 Å². The van der Waals surface area contributed by atoms with E-state index in [1.807, 2.05) is 36.8 Å². The molecule has 0 aliphatic rings. The van der Waals surface area contributed by atoms with Gasteiger partial charge < -0.3 is 19.7 Å². The van der Waals surface area contributed by atoms with E-state index in [9.17, 15) is 4.79 Å². The molecule has 0 bridgehead atoms. The predicted molar refractivity (Wildman–Crippen MR) is 86.3 cm³/mol. The second-order valence-corrected chi connectivity index (χ2v) is 6.30. The number of amides is 1. The maximum absolute atomic E-state index is 12.2. The molecule has 0 saturated carbocycles. The summed E-state index contributed by atoms with van der Waals surface area (Å²) in [6.07, 6.45) is 2.68. The van der Waals surface area contributed by atoms with E-state index in [0.29, 0.717) is 12.5 Å². The Balaban J connectivity index is 2.75. The lowest BCUT2D eigenvalue weighted by Gasteiger charge is -2.23. The monoisotopic (exact) mass is 295 g/mol. The summed E-state index contributed by atoms with van der Waals surface area (Å²) in [5.41, 5.74) is 1.07. The van der Waals surface area contributed by atoms with Crippen molar-refractivity contribution in [3.63, 3.8) is 0 Å². The minimum absolute atomic E-state index is 0.124. The van der Waals surface area contributed by atoms with Crippen LogP contribution in [0.5, 0.6) is 0 Å². The van der Waals surface area contributed by atoms with Crippen molar-refractivity contribution in [2.24, 2.45) is 13.0 Å². The van der Waals surface area contributed by atoms with Crippen molar-refractivity contribution < 1.29 is 4.79 Å². The second-order valence-electron chi connectivity index (χ2n) is 6.30. The summed E-state index contributed by atoms with van der Waals surface area (Å²) in [4.78, 5) is 20.2. The number of carbonyl (C=O) groups is 1. The first-order valence-electron chi connectivity index (χ1n) is 7.36. The van der Waals surface area contributed by atoms with Gasteiger partial charge in [0, 0.05) is 41.8 Å². The van der Waals surface area contributed by atoms with E-state index in [4.69, 9.17) is 0 Å². The topological polar surface area (TPSA) is 53.4 Å². The molecule has 21 heavy (non-hydrogen) atoms. The SMILES string of the molecule is CC(C)CC(NCc1cnc(N(C)C)n1C)C(=O)N(C)C. The van der Waals surface area contributed by atoms with Crippen LogP contribution in [0.15, 0.2) is 6.20 Å². The molecule has 1 unspecified atom stereocenters. The number of carbonyl (C=O) groups excluding carboxylic acids is 1. The van der Waals surface area contributed by atoms with Crippen LogP contribution in [-0.4, -0.2) is 54.6 Å². The zero-order chi connectivity index (χ0) is 16.2. The molecule has 120 valence electrons. The summed E-state index contributed by atoms with van der Waals surface area (Å²) < 4.78 is 2.04. The predicted octanol–water partition coefficient (Wildman–Crippen LogP) is 1.08. The van der Waals surface area contributed by atoms with Gasteiger partial charge in [-0.15, -0.1) is 0 Å². The van der Waals surface area contributed by atoms with Crippen molar-refractivity contribution in [1.29, 1.82) is 0 Å². The quantitative estimate of drug-likeness (QED) is 0.818. The molecule has 1 rings (SSSR count). The fourth-order valence-corrected chi connectivity index (χ4v) is 2.30. The summed E-state index contributed by atoms with van der Waals surface area (Å²) in [5, 5.41) is 3.37. The van der Waals surface area contributed by atoms with Gasteiger partial charge in [0.1, 0.15) is 0 Å². The fourth-order valence-electron chi connectivity index (χ4n) is 2.30. The Kier molecular flexibility index (Phi) is 6.20. The molecule has 1 heterocycles. The summed E-state index contributed by atoms with van der Waals surface area (Å²) in [6, 6.07) is -0.155. The van der Waals surface area contributed by atoms with Crippen molar-refractivity contribution in [3.05, 3.63) is 11.9 Å². The van der Waals surface area contributed by atoms with Crippen LogP contribution in [-0.2, 0) is 18.4 Å². The molecule has 1 atom stereocenters. The van der Waals surface area contributed by atoms with Crippen LogP contribution in [0, 0.1) is 5.92 Å². The molecular formula is C15H29N5O. The van der Waals surface area contributed by atoms with Gasteiger partial charge >= 0.3 is 0 Å². The summed E-state index contributed by atoms with van der Waals surface area (Å²) in [6.45, 7) is 4.89. The molecule has 0 saturated heterocycles. The standard InChI is InChI=1S/C15H29N5O/c1-11(2)8-13(14(21)18(3)4)16-9-12-10-17-15(19(5)6)20(12)7/h10-11,13,16H,8-9H2,1-7H3. The third-order valence-electron chi connectivity index (χ3n) is 3.44. The molecule has 0 aromatic carbocycles. The van der Waals surface area contributed by atoms with E-state index in [1.54, 1.807) is 19.0 Å². The number of hydrogen-bond acceptors (Lipinski definition) is 4. The van der Waals surface area contributed by atoms with Gasteiger partial charge in [0.25, 0.3) is 0 Å². The molecule has 0 aliphatic carbocycles. The number of nitrogens with one attached hydrogen (secondary N) is 1. The molecule has 0 radical (unpaired) electrons. The third kappa shape index (κ3) is 4.74. The summed E-state index contributed by atoms with van der Waals surface area (Å²) in [5.74, 6) is 1.50. The first-order chi connectivity index (χ1) is 9.73. The van der Waals surface area contributed by atoms with Crippen LogP contribution < -0.4 is 10.2 Å². The molecule has 1 aromatic rings. The van der Waals surface area contributed by atoms with E-state index in [-0.39, 0.29) is 11.9 Å². The van der Waals surface area contributed by atoms with E-state index in [1.165, 1.54) is 0 Å². The van der Waals surface area contributed by atoms with Gasteiger partial charge in [-0.1, -0.05) is 13.8 Å². The van der Waals surface area contributed by atoms with Gasteiger partial charge in [-0.05, 0) is 12.3 Å². The Morgan fingerprint density at radius 3 is 2.38 bits per heavy atom. The maximum atomic E-state index is 12.2. The normalized spacial score (nSPS) is 12.6. The van der Waals surface area contributed by atoms with Gasteiger partial charge in [0.15, 0.2) is 0 Å². The second kappa shape index (κ2) is 7.45. The highest BCUT2D eigenvalue weighted by atomic mass is 16.2. The maximum Gasteiger partial charge on any atom is 0.239 e. The molecule has 0 fully saturated rings. The zero-order valence-corrected chi connectivity index (χ0v) is 14.3. The molecule has 0 spiro atoms. The highest BCUT2D eigenvalue weighted by Gasteiger charge is 2.21. The van der Waals surface area contributed by atoms with Crippen molar-refractivity contribution in [2.45, 2.75) is 32.9 Å². The molecule has 6 nitrogen and oxygen atoms in total. The average molecular weight is 295 g/mol. The van der Waals surface area contributed by atoms with E-state index >= 15 is 0 Å². The largest absolute Gasteiger partial charge is 0.348 e. The Morgan fingerprint density at radius 2 is 1.95 bits per heavy atom. The molecule has 6 heteroatoms. The van der Waals surface area contributed by atoms with Crippen molar-refractivity contribution in [2.75, 3.05) is 33.1 Å². The van der Waals surface area contributed by atoms with E-state index < -0.39 is 0 Å². The van der Waals surface area contributed by atoms with Crippen LogP contribution in [0.4, 0.5) is 5.95 Å². The number of nitrogens with zero attached hydrogens (tertiary/aromatic N) is 4. The van der Waals surface area contributed by atoms with Crippen LogP contribution in [0.25, 0.3) is 0 Å². The molecule has 0 aliphatic heterocycles. The Hall–Kier alpha value is -1.56. The molecule has 1 aromatic heterocycles. The summed E-state index contributed by atoms with van der Waals surface area (Å²) in [7, 11) is 9.52. The van der Waals surface area contributed by atoms with E-state index in [2.05, 4.69) is 24.1 Å². The highest BCUT2D eigenvalue weighted by Crippen LogP contribution is 2.12. The smallest absolute Gasteiger partial charge is 0.239 e. The van der Waals surface area contributed by atoms with Crippen LogP contribution in [0.1, 0.15) is 26.0 Å². The summed E-state index contributed by atoms with van der Waals surface area (Å²) >= 11 is 0. The number of imidazole rings is 1. The van der Waals surface area contributed by atoms with Gasteiger partial charge in [-0.2, -0.15) is 0 Å². The minimum atomic E-state index is -0.155. The first-order valence-corrected chi connectivity index (χ1v) is 7.36. The Morgan fingerprint density at radius 1 is 1.33 bits per heavy atom. The number of rotatable bonds is 7. The van der Waals surface area contributed by atoms with E-state index in [0.717, 1.165) is 18.1 Å². The highest BCUT2D eigenvalue weighted by molar-refractivity contribution is 5.81. The average Bonchev–Trinajstić information content (AvgIpc) is 2.74. The number of anilines is 1. The Labute approximate surface area is 128 Å². The number of aromatic nitrogens is 2.